The van der Waals surface area contributed by atoms with Crippen LogP contribution in [0, 0.1) is 0 Å². The summed E-state index contributed by atoms with van der Waals surface area (Å²) >= 11 is 0. The summed E-state index contributed by atoms with van der Waals surface area (Å²) < 4.78 is 11.3. The second-order valence-corrected chi connectivity index (χ2v) is 4.02. The Morgan fingerprint density at radius 3 is 1.67 bits per heavy atom. The van der Waals surface area contributed by atoms with E-state index in [0.29, 0.717) is 22.9 Å². The maximum absolute atomic E-state index is 5.65. The Bertz CT molecular complexity index is 707. The van der Waals surface area contributed by atoms with Crippen LogP contribution in [0.4, 0.5) is 0 Å². The highest BCUT2D eigenvalue weighted by Gasteiger charge is 2.11. The fraction of sp³-hybridized carbons (Fsp3) is 0. The standard InChI is InChI=1S/C14H8N2O2/c1-3-9-7-11(17-13(9)15-5-1)12-8-10-4-2-6-16-14(10)18-12/h1-8H. The van der Waals surface area contributed by atoms with Gasteiger partial charge in [-0.1, -0.05) is 0 Å². The van der Waals surface area contributed by atoms with Gasteiger partial charge in [0.1, 0.15) is 0 Å². The summed E-state index contributed by atoms with van der Waals surface area (Å²) in [5, 5.41) is 1.92. The Labute approximate surface area is 102 Å². The van der Waals surface area contributed by atoms with Gasteiger partial charge in [-0.25, -0.2) is 9.97 Å². The van der Waals surface area contributed by atoms with Gasteiger partial charge in [0.2, 0.25) is 11.4 Å². The van der Waals surface area contributed by atoms with Crippen LogP contribution >= 0.6 is 0 Å². The molecule has 0 aliphatic rings. The van der Waals surface area contributed by atoms with Crippen molar-refractivity contribution in [3.05, 3.63) is 48.8 Å². The third-order valence-electron chi connectivity index (χ3n) is 2.83. The number of rotatable bonds is 1. The van der Waals surface area contributed by atoms with Crippen molar-refractivity contribution in [2.45, 2.75) is 0 Å². The predicted octanol–water partition coefficient (Wildman–Crippen LogP) is 3.64. The molecule has 0 fully saturated rings. The Hall–Kier alpha value is -2.62. The SMILES string of the molecule is c1cnc2oc(-c3cc4cccnc4o3)cc2c1. The van der Waals surface area contributed by atoms with Crippen molar-refractivity contribution in [3.63, 3.8) is 0 Å². The third-order valence-corrected chi connectivity index (χ3v) is 2.83. The van der Waals surface area contributed by atoms with E-state index in [-0.39, 0.29) is 0 Å². The Morgan fingerprint density at radius 2 is 1.22 bits per heavy atom. The Kier molecular flexibility index (Phi) is 1.80. The minimum absolute atomic E-state index is 0.612. The van der Waals surface area contributed by atoms with E-state index in [9.17, 15) is 0 Å². The van der Waals surface area contributed by atoms with Crippen LogP contribution in [0.2, 0.25) is 0 Å². The molecule has 18 heavy (non-hydrogen) atoms. The normalized spacial score (nSPS) is 11.3. The lowest BCUT2D eigenvalue weighted by atomic mass is 10.2. The lowest BCUT2D eigenvalue weighted by molar-refractivity contribution is 0.558. The van der Waals surface area contributed by atoms with Crippen LogP contribution in [-0.4, -0.2) is 9.97 Å². The first-order valence-corrected chi connectivity index (χ1v) is 5.60. The maximum Gasteiger partial charge on any atom is 0.226 e. The van der Waals surface area contributed by atoms with E-state index in [1.54, 1.807) is 12.4 Å². The van der Waals surface area contributed by atoms with Crippen LogP contribution in [0.15, 0.2) is 57.6 Å². The molecule has 0 spiro atoms. The van der Waals surface area contributed by atoms with E-state index in [1.807, 2.05) is 36.4 Å². The van der Waals surface area contributed by atoms with E-state index >= 15 is 0 Å². The third kappa shape index (κ3) is 1.32. The fourth-order valence-electron chi connectivity index (χ4n) is 1.99. The highest BCUT2D eigenvalue weighted by atomic mass is 16.4. The zero-order chi connectivity index (χ0) is 11.9. The molecule has 0 atom stereocenters. The molecule has 4 nitrogen and oxygen atoms in total. The lowest BCUT2D eigenvalue weighted by Gasteiger charge is -1.86. The molecular weight excluding hydrogens is 228 g/mol. The summed E-state index contributed by atoms with van der Waals surface area (Å²) in [4.78, 5) is 8.31. The largest absolute Gasteiger partial charge is 0.434 e. The summed E-state index contributed by atoms with van der Waals surface area (Å²) in [6.45, 7) is 0. The monoisotopic (exact) mass is 236 g/mol. The molecule has 0 saturated heterocycles. The molecule has 0 bridgehead atoms. The number of nitrogens with zero attached hydrogens (tertiary/aromatic N) is 2. The van der Waals surface area contributed by atoms with Gasteiger partial charge in [0.25, 0.3) is 0 Å². The van der Waals surface area contributed by atoms with Gasteiger partial charge in [0.15, 0.2) is 11.5 Å². The molecule has 86 valence electrons. The number of pyridine rings is 2. The molecule has 0 radical (unpaired) electrons. The summed E-state index contributed by atoms with van der Waals surface area (Å²) in [5.41, 5.74) is 1.22. The van der Waals surface area contributed by atoms with E-state index in [2.05, 4.69) is 9.97 Å². The number of aromatic nitrogens is 2. The van der Waals surface area contributed by atoms with Crippen molar-refractivity contribution in [2.75, 3.05) is 0 Å². The van der Waals surface area contributed by atoms with E-state index in [0.717, 1.165) is 10.8 Å². The molecule has 4 heterocycles. The molecule has 0 aliphatic carbocycles. The average molecular weight is 236 g/mol. The second-order valence-electron chi connectivity index (χ2n) is 4.02. The molecular formula is C14H8N2O2. The zero-order valence-electron chi connectivity index (χ0n) is 9.33. The molecule has 0 saturated carbocycles. The van der Waals surface area contributed by atoms with Crippen molar-refractivity contribution in [1.29, 1.82) is 0 Å². The average Bonchev–Trinajstić information content (AvgIpc) is 3.02. The van der Waals surface area contributed by atoms with Crippen LogP contribution in [0.1, 0.15) is 0 Å². The molecule has 4 heteroatoms. The first-order chi connectivity index (χ1) is 8.90. The summed E-state index contributed by atoms with van der Waals surface area (Å²) in [5.74, 6) is 1.34. The van der Waals surface area contributed by atoms with Gasteiger partial charge in [-0.15, -0.1) is 0 Å². The number of furan rings is 2. The van der Waals surface area contributed by atoms with Crippen molar-refractivity contribution in [3.8, 4) is 11.5 Å². The zero-order valence-corrected chi connectivity index (χ0v) is 9.33. The van der Waals surface area contributed by atoms with Crippen molar-refractivity contribution in [1.82, 2.24) is 9.97 Å². The van der Waals surface area contributed by atoms with Crippen LogP contribution < -0.4 is 0 Å². The minimum atomic E-state index is 0.612. The fourth-order valence-corrected chi connectivity index (χ4v) is 1.99. The predicted molar refractivity (Wildman–Crippen MR) is 67.0 cm³/mol. The van der Waals surface area contributed by atoms with Crippen LogP contribution in [0.5, 0.6) is 0 Å². The van der Waals surface area contributed by atoms with Crippen LogP contribution in [-0.2, 0) is 0 Å². The van der Waals surface area contributed by atoms with Gasteiger partial charge < -0.3 is 8.83 Å². The van der Waals surface area contributed by atoms with E-state index < -0.39 is 0 Å². The van der Waals surface area contributed by atoms with Crippen LogP contribution in [0.25, 0.3) is 33.7 Å². The molecule has 0 aromatic carbocycles. The Morgan fingerprint density at radius 1 is 0.722 bits per heavy atom. The van der Waals surface area contributed by atoms with Crippen molar-refractivity contribution >= 4 is 22.2 Å². The molecule has 4 aromatic rings. The van der Waals surface area contributed by atoms with Gasteiger partial charge in [0.05, 0.1) is 0 Å². The summed E-state index contributed by atoms with van der Waals surface area (Å²) in [6, 6.07) is 11.5. The number of hydrogen-bond acceptors (Lipinski definition) is 4. The summed E-state index contributed by atoms with van der Waals surface area (Å²) in [6.07, 6.45) is 3.41. The summed E-state index contributed by atoms with van der Waals surface area (Å²) in [7, 11) is 0. The van der Waals surface area contributed by atoms with E-state index in [1.165, 1.54) is 0 Å². The van der Waals surface area contributed by atoms with Gasteiger partial charge in [-0.3, -0.25) is 0 Å². The lowest BCUT2D eigenvalue weighted by Crippen LogP contribution is -1.67. The molecule has 0 unspecified atom stereocenters. The van der Waals surface area contributed by atoms with Gasteiger partial charge in [-0.2, -0.15) is 0 Å². The highest BCUT2D eigenvalue weighted by molar-refractivity contribution is 5.83. The quantitative estimate of drug-likeness (QED) is 0.506. The molecule has 4 aromatic heterocycles. The first-order valence-electron chi connectivity index (χ1n) is 5.60. The van der Waals surface area contributed by atoms with Crippen molar-refractivity contribution in [2.24, 2.45) is 0 Å². The maximum atomic E-state index is 5.65. The topological polar surface area (TPSA) is 52.1 Å². The molecule has 0 N–H and O–H groups in total. The number of fused-ring (bicyclic) bond motifs is 2. The molecule has 4 rings (SSSR count). The second kappa shape index (κ2) is 3.43. The first kappa shape index (κ1) is 9.41. The molecule has 0 amide bonds. The van der Waals surface area contributed by atoms with Gasteiger partial charge in [0, 0.05) is 23.2 Å². The van der Waals surface area contributed by atoms with Crippen LogP contribution in [0.3, 0.4) is 0 Å². The highest BCUT2D eigenvalue weighted by Crippen LogP contribution is 2.30. The number of hydrogen-bond donors (Lipinski definition) is 0. The van der Waals surface area contributed by atoms with Gasteiger partial charge >= 0.3 is 0 Å². The van der Waals surface area contributed by atoms with Gasteiger partial charge in [-0.05, 0) is 36.4 Å². The minimum Gasteiger partial charge on any atom is -0.434 e. The smallest absolute Gasteiger partial charge is 0.226 e. The van der Waals surface area contributed by atoms with Crippen molar-refractivity contribution < 1.29 is 8.83 Å². The molecule has 0 aliphatic heterocycles. The Balaban J connectivity index is 1.95. The van der Waals surface area contributed by atoms with E-state index in [4.69, 9.17) is 8.83 Å².